The van der Waals surface area contributed by atoms with Crippen LogP contribution in [0, 0.1) is 5.92 Å². The molecule has 3 nitrogen and oxygen atoms in total. The van der Waals surface area contributed by atoms with Crippen molar-refractivity contribution in [2.24, 2.45) is 5.92 Å². The van der Waals surface area contributed by atoms with Gasteiger partial charge in [-0.2, -0.15) is 0 Å². The Morgan fingerprint density at radius 2 is 1.82 bits per heavy atom. The Balaban J connectivity index is 1.91. The summed E-state index contributed by atoms with van der Waals surface area (Å²) in [7, 11) is 0. The van der Waals surface area contributed by atoms with Gasteiger partial charge in [-0.1, -0.05) is 103 Å². The number of ether oxygens (including phenoxy) is 1. The molecule has 0 radical (unpaired) electrons. The van der Waals surface area contributed by atoms with Crippen molar-refractivity contribution in [1.29, 1.82) is 0 Å². The molecule has 0 N–H and O–H groups in total. The van der Waals surface area contributed by atoms with Gasteiger partial charge in [-0.15, -0.1) is 0 Å². The minimum Gasteiger partial charge on any atom is -0.489 e. The monoisotopic (exact) mass is 463 g/mol. The van der Waals surface area contributed by atoms with E-state index in [2.05, 4.69) is 82.0 Å². The maximum Gasteiger partial charge on any atom is 0.136 e. The molecule has 1 heterocycles. The molecule has 0 bridgehead atoms. The minimum atomic E-state index is 0.0936. The first kappa shape index (κ1) is 26.5. The molecule has 1 aliphatic rings. The summed E-state index contributed by atoms with van der Waals surface area (Å²) in [6, 6.07) is 17.3. The second-order valence-electron chi connectivity index (χ2n) is 11.1. The van der Waals surface area contributed by atoms with Crippen molar-refractivity contribution in [2.75, 3.05) is 13.1 Å². The molecular formula is C31H45NO2. The van der Waals surface area contributed by atoms with Crippen LogP contribution in [0.2, 0.25) is 0 Å². The number of hydrogen-bond acceptors (Lipinski definition) is 3. The maximum atomic E-state index is 12.5. The van der Waals surface area contributed by atoms with E-state index in [1.54, 1.807) is 0 Å². The van der Waals surface area contributed by atoms with E-state index in [4.69, 9.17) is 4.74 Å². The summed E-state index contributed by atoms with van der Waals surface area (Å²) >= 11 is 0. The Morgan fingerprint density at radius 3 is 2.53 bits per heavy atom. The Labute approximate surface area is 207 Å². The average Bonchev–Trinajstić information content (AvgIpc) is 2.82. The highest BCUT2D eigenvalue weighted by atomic mass is 16.5. The third kappa shape index (κ3) is 7.43. The number of carbonyl (C=O) groups excluding carboxylic acids is 1. The van der Waals surface area contributed by atoms with E-state index in [1.165, 1.54) is 37.7 Å². The number of hydrogen-bond donors (Lipinski definition) is 0. The lowest BCUT2D eigenvalue weighted by Gasteiger charge is -2.37. The molecule has 1 atom stereocenters. The van der Waals surface area contributed by atoms with Crippen LogP contribution in [0.3, 0.4) is 0 Å². The highest BCUT2D eigenvalue weighted by molar-refractivity contribution is 5.80. The molecule has 0 saturated carbocycles. The van der Waals surface area contributed by atoms with Crippen LogP contribution in [0.1, 0.15) is 102 Å². The highest BCUT2D eigenvalue weighted by Gasteiger charge is 2.32. The van der Waals surface area contributed by atoms with Crippen molar-refractivity contribution < 1.29 is 9.53 Å². The maximum absolute atomic E-state index is 12.5. The van der Waals surface area contributed by atoms with Crippen LogP contribution in [0.4, 0.5) is 0 Å². The predicted molar refractivity (Wildman–Crippen MR) is 142 cm³/mol. The summed E-state index contributed by atoms with van der Waals surface area (Å²) < 4.78 is 6.51. The third-order valence-electron chi connectivity index (χ3n) is 7.19. The predicted octanol–water partition coefficient (Wildman–Crippen LogP) is 7.88. The number of likely N-dealkylation sites (tertiary alicyclic amines) is 1. The van der Waals surface area contributed by atoms with Gasteiger partial charge < -0.3 is 4.74 Å². The highest BCUT2D eigenvalue weighted by Crippen LogP contribution is 2.39. The Hall–Kier alpha value is -2.13. The molecule has 1 aliphatic heterocycles. The molecule has 0 aromatic heterocycles. The molecule has 1 fully saturated rings. The Kier molecular flexibility index (Phi) is 9.76. The number of rotatable bonds is 12. The van der Waals surface area contributed by atoms with Crippen LogP contribution in [0.15, 0.2) is 48.5 Å². The molecule has 3 rings (SSSR count). The largest absolute Gasteiger partial charge is 0.489 e. The van der Waals surface area contributed by atoms with Gasteiger partial charge in [0, 0.05) is 37.5 Å². The van der Waals surface area contributed by atoms with E-state index in [9.17, 15) is 4.79 Å². The fraction of sp³-hybridized carbons (Fsp3) is 0.581. The lowest BCUT2D eigenvalue weighted by molar-refractivity contribution is -0.123. The Bertz CT molecular complexity index is 903. The standard InChI is InChI=1S/C31H45NO2/c1-6-7-8-12-18-31(4,5)26-15-16-28(29-21-27(33)17-19-32(29)22-24(2)3)30(20-26)34-23-25-13-10-9-11-14-25/h9-11,13-16,20,24,29H,6-8,12,17-19,21-23H2,1-5H3. The lowest BCUT2D eigenvalue weighted by atomic mass is 9.79. The van der Waals surface area contributed by atoms with E-state index in [1.807, 2.05) is 6.07 Å². The molecule has 0 amide bonds. The van der Waals surface area contributed by atoms with Gasteiger partial charge in [-0.25, -0.2) is 0 Å². The van der Waals surface area contributed by atoms with Crippen LogP contribution in [0.25, 0.3) is 0 Å². The number of carbonyl (C=O) groups is 1. The molecule has 34 heavy (non-hydrogen) atoms. The van der Waals surface area contributed by atoms with E-state index in [0.29, 0.717) is 31.1 Å². The molecular weight excluding hydrogens is 418 g/mol. The van der Waals surface area contributed by atoms with Crippen LogP contribution in [-0.4, -0.2) is 23.8 Å². The molecule has 2 aromatic carbocycles. The second-order valence-corrected chi connectivity index (χ2v) is 11.1. The Morgan fingerprint density at radius 1 is 1.06 bits per heavy atom. The van der Waals surface area contributed by atoms with Crippen LogP contribution < -0.4 is 4.74 Å². The molecule has 0 aliphatic carbocycles. The van der Waals surface area contributed by atoms with Crippen molar-refractivity contribution in [3.8, 4) is 5.75 Å². The zero-order valence-electron chi connectivity index (χ0n) is 22.1. The van der Waals surface area contributed by atoms with Crippen molar-refractivity contribution in [3.63, 3.8) is 0 Å². The average molecular weight is 464 g/mol. The van der Waals surface area contributed by atoms with E-state index in [0.717, 1.165) is 30.0 Å². The lowest BCUT2D eigenvalue weighted by Crippen LogP contribution is -2.39. The summed E-state index contributed by atoms with van der Waals surface area (Å²) in [5.41, 5.74) is 3.75. The number of unbranched alkanes of at least 4 members (excludes halogenated alkanes) is 3. The summed E-state index contributed by atoms with van der Waals surface area (Å²) in [6.07, 6.45) is 7.53. The SMILES string of the molecule is CCCCCCC(C)(C)c1ccc(C2CC(=O)CCN2CC(C)C)c(OCc2ccccc2)c1. The zero-order chi connectivity index (χ0) is 24.6. The summed E-state index contributed by atoms with van der Waals surface area (Å²) in [5, 5.41) is 0. The fourth-order valence-electron chi connectivity index (χ4n) is 5.09. The van der Waals surface area contributed by atoms with Gasteiger partial charge in [-0.05, 0) is 34.9 Å². The number of benzene rings is 2. The van der Waals surface area contributed by atoms with Gasteiger partial charge in [0.2, 0.25) is 0 Å². The van der Waals surface area contributed by atoms with Gasteiger partial charge in [0.15, 0.2) is 0 Å². The molecule has 1 saturated heterocycles. The first-order chi connectivity index (χ1) is 16.3. The number of nitrogens with zero attached hydrogens (tertiary/aromatic N) is 1. The first-order valence-corrected chi connectivity index (χ1v) is 13.4. The minimum absolute atomic E-state index is 0.0936. The first-order valence-electron chi connectivity index (χ1n) is 13.4. The molecule has 1 unspecified atom stereocenters. The number of Topliss-reactive ketones (excluding diaryl/α,β-unsaturated/α-hetero) is 1. The molecule has 2 aromatic rings. The van der Waals surface area contributed by atoms with Crippen molar-refractivity contribution in [3.05, 3.63) is 65.2 Å². The number of piperidine rings is 1. The molecule has 0 spiro atoms. The van der Waals surface area contributed by atoms with Crippen molar-refractivity contribution >= 4 is 5.78 Å². The van der Waals surface area contributed by atoms with Gasteiger partial charge in [0.1, 0.15) is 18.1 Å². The topological polar surface area (TPSA) is 29.5 Å². The third-order valence-corrected chi connectivity index (χ3v) is 7.19. The number of ketones is 1. The normalized spacial score (nSPS) is 17.4. The van der Waals surface area contributed by atoms with Gasteiger partial charge >= 0.3 is 0 Å². The quantitative estimate of drug-likeness (QED) is 0.300. The van der Waals surface area contributed by atoms with E-state index in [-0.39, 0.29) is 11.5 Å². The summed E-state index contributed by atoms with van der Waals surface area (Å²) in [5.74, 6) is 1.86. The molecule has 3 heteroatoms. The van der Waals surface area contributed by atoms with Crippen LogP contribution in [0.5, 0.6) is 5.75 Å². The zero-order valence-corrected chi connectivity index (χ0v) is 22.1. The van der Waals surface area contributed by atoms with Crippen molar-refractivity contribution in [1.82, 2.24) is 4.90 Å². The summed E-state index contributed by atoms with van der Waals surface area (Å²) in [6.45, 7) is 13.9. The fourth-order valence-corrected chi connectivity index (χ4v) is 5.09. The van der Waals surface area contributed by atoms with Crippen molar-refractivity contribution in [2.45, 2.75) is 97.6 Å². The smallest absolute Gasteiger partial charge is 0.136 e. The second kappa shape index (κ2) is 12.5. The summed E-state index contributed by atoms with van der Waals surface area (Å²) in [4.78, 5) is 15.0. The van der Waals surface area contributed by atoms with Crippen LogP contribution >= 0.6 is 0 Å². The van der Waals surface area contributed by atoms with Gasteiger partial charge in [0.05, 0.1) is 0 Å². The van der Waals surface area contributed by atoms with Crippen LogP contribution in [-0.2, 0) is 16.8 Å². The van der Waals surface area contributed by atoms with Gasteiger partial charge in [0.25, 0.3) is 0 Å². The molecule has 186 valence electrons. The van der Waals surface area contributed by atoms with E-state index >= 15 is 0 Å². The van der Waals surface area contributed by atoms with Gasteiger partial charge in [-0.3, -0.25) is 9.69 Å². The van der Waals surface area contributed by atoms with E-state index < -0.39 is 0 Å².